The number of anilines is 1. The van der Waals surface area contributed by atoms with Gasteiger partial charge in [0.1, 0.15) is 5.75 Å². The number of amides is 1. The van der Waals surface area contributed by atoms with E-state index in [1.54, 1.807) is 24.3 Å². The van der Waals surface area contributed by atoms with E-state index in [2.05, 4.69) is 21.2 Å². The minimum Gasteiger partial charge on any atom is -0.508 e. The second kappa shape index (κ2) is 6.41. The predicted octanol–water partition coefficient (Wildman–Crippen LogP) is 3.03. The van der Waals surface area contributed by atoms with Crippen LogP contribution in [-0.2, 0) is 11.2 Å². The second-order valence-corrected chi connectivity index (χ2v) is 5.21. The first-order valence-corrected chi connectivity index (χ1v) is 6.86. The average Bonchev–Trinajstić information content (AvgIpc) is 2.43. The zero-order chi connectivity index (χ0) is 15.4. The molecule has 21 heavy (non-hydrogen) atoms. The average molecular weight is 350 g/mol. The van der Waals surface area contributed by atoms with Gasteiger partial charge in [-0.1, -0.05) is 18.2 Å². The molecule has 0 aromatic heterocycles. The van der Waals surface area contributed by atoms with E-state index in [0.29, 0.717) is 15.7 Å². The van der Waals surface area contributed by atoms with Crippen LogP contribution in [0, 0.1) is 0 Å². The number of para-hydroxylation sites is 1. The molecule has 2 aromatic rings. The molecule has 0 atom stereocenters. The maximum Gasteiger partial charge on any atom is 0.335 e. The molecule has 0 heterocycles. The molecule has 0 fully saturated rings. The van der Waals surface area contributed by atoms with Gasteiger partial charge in [-0.2, -0.15) is 0 Å². The third-order valence-corrected chi connectivity index (χ3v) is 3.52. The Bertz CT molecular complexity index is 700. The van der Waals surface area contributed by atoms with Crippen molar-refractivity contribution in [2.24, 2.45) is 0 Å². The molecule has 0 radical (unpaired) electrons. The number of hydrogen-bond donors (Lipinski definition) is 3. The van der Waals surface area contributed by atoms with Gasteiger partial charge in [-0.05, 0) is 40.2 Å². The van der Waals surface area contributed by atoms with E-state index >= 15 is 0 Å². The standard InChI is InChI=1S/C15H12BrNO4/c16-11-6-5-10(15(20)21)7-12(11)17-14(19)8-9-3-1-2-4-13(9)18/h1-7,18H,8H2,(H,17,19)(H,20,21). The minimum atomic E-state index is -1.07. The van der Waals surface area contributed by atoms with Crippen molar-refractivity contribution in [3.8, 4) is 5.75 Å². The summed E-state index contributed by atoms with van der Waals surface area (Å²) in [6.45, 7) is 0. The fourth-order valence-electron chi connectivity index (χ4n) is 1.78. The first-order valence-electron chi connectivity index (χ1n) is 6.07. The van der Waals surface area contributed by atoms with Gasteiger partial charge >= 0.3 is 5.97 Å². The number of phenols is 1. The Morgan fingerprint density at radius 2 is 1.86 bits per heavy atom. The zero-order valence-electron chi connectivity index (χ0n) is 10.8. The van der Waals surface area contributed by atoms with Gasteiger partial charge in [0.25, 0.3) is 0 Å². The van der Waals surface area contributed by atoms with Crippen molar-refractivity contribution in [1.82, 2.24) is 0 Å². The summed E-state index contributed by atoms with van der Waals surface area (Å²) in [5, 5.41) is 21.2. The monoisotopic (exact) mass is 349 g/mol. The normalized spacial score (nSPS) is 10.1. The van der Waals surface area contributed by atoms with Crippen LogP contribution in [0.15, 0.2) is 46.9 Å². The topological polar surface area (TPSA) is 86.6 Å². The highest BCUT2D eigenvalue weighted by Gasteiger charge is 2.11. The number of rotatable bonds is 4. The maximum absolute atomic E-state index is 12.0. The number of halogens is 1. The fourth-order valence-corrected chi connectivity index (χ4v) is 2.13. The van der Waals surface area contributed by atoms with E-state index in [1.807, 2.05) is 0 Å². The Balaban J connectivity index is 2.15. The smallest absolute Gasteiger partial charge is 0.335 e. The van der Waals surface area contributed by atoms with Gasteiger partial charge < -0.3 is 15.5 Å². The van der Waals surface area contributed by atoms with E-state index in [-0.39, 0.29) is 23.6 Å². The van der Waals surface area contributed by atoms with Crippen molar-refractivity contribution in [1.29, 1.82) is 0 Å². The molecule has 0 saturated heterocycles. The van der Waals surface area contributed by atoms with Gasteiger partial charge in [-0.15, -0.1) is 0 Å². The SMILES string of the molecule is O=C(Cc1ccccc1O)Nc1cc(C(=O)O)ccc1Br. The molecule has 0 spiro atoms. The lowest BCUT2D eigenvalue weighted by Crippen LogP contribution is -2.15. The van der Waals surface area contributed by atoms with Crippen molar-refractivity contribution in [3.63, 3.8) is 0 Å². The molecule has 0 aliphatic rings. The summed E-state index contributed by atoms with van der Waals surface area (Å²) < 4.78 is 0.582. The molecule has 2 aromatic carbocycles. The largest absolute Gasteiger partial charge is 0.508 e. The maximum atomic E-state index is 12.0. The number of carboxylic acid groups (broad SMARTS) is 1. The number of nitrogens with one attached hydrogen (secondary N) is 1. The van der Waals surface area contributed by atoms with Gasteiger partial charge in [-0.3, -0.25) is 4.79 Å². The Morgan fingerprint density at radius 1 is 1.14 bits per heavy atom. The molecule has 0 aliphatic carbocycles. The van der Waals surface area contributed by atoms with Crippen LogP contribution < -0.4 is 5.32 Å². The molecule has 5 nitrogen and oxygen atoms in total. The third kappa shape index (κ3) is 3.82. The number of benzene rings is 2. The molecule has 0 saturated carbocycles. The zero-order valence-corrected chi connectivity index (χ0v) is 12.4. The number of aromatic carboxylic acids is 1. The number of aromatic hydroxyl groups is 1. The van der Waals surface area contributed by atoms with Crippen LogP contribution in [0.3, 0.4) is 0 Å². The van der Waals surface area contributed by atoms with E-state index < -0.39 is 5.97 Å². The fraction of sp³-hybridized carbons (Fsp3) is 0.0667. The molecule has 0 unspecified atom stereocenters. The molecular weight excluding hydrogens is 338 g/mol. The van der Waals surface area contributed by atoms with Crippen molar-refractivity contribution < 1.29 is 19.8 Å². The first-order chi connectivity index (χ1) is 9.97. The highest BCUT2D eigenvalue weighted by atomic mass is 79.9. The van der Waals surface area contributed by atoms with Crippen LogP contribution in [-0.4, -0.2) is 22.1 Å². The summed E-state index contributed by atoms with van der Waals surface area (Å²) in [6.07, 6.45) is -0.00356. The van der Waals surface area contributed by atoms with Gasteiger partial charge in [0.2, 0.25) is 5.91 Å². The van der Waals surface area contributed by atoms with E-state index in [1.165, 1.54) is 18.2 Å². The Labute approximate surface area is 129 Å². The minimum absolute atomic E-state index is 0.00356. The summed E-state index contributed by atoms with van der Waals surface area (Å²) in [4.78, 5) is 22.9. The third-order valence-electron chi connectivity index (χ3n) is 2.83. The lowest BCUT2D eigenvalue weighted by atomic mass is 10.1. The molecular formula is C15H12BrNO4. The Morgan fingerprint density at radius 3 is 2.52 bits per heavy atom. The number of carbonyl (C=O) groups excluding carboxylic acids is 1. The van der Waals surface area contributed by atoms with E-state index in [4.69, 9.17) is 5.11 Å². The van der Waals surface area contributed by atoms with E-state index in [9.17, 15) is 14.7 Å². The number of carboxylic acids is 1. The van der Waals surface area contributed by atoms with Crippen molar-refractivity contribution in [2.45, 2.75) is 6.42 Å². The molecule has 2 rings (SSSR count). The lowest BCUT2D eigenvalue weighted by Gasteiger charge is -2.09. The molecule has 0 aliphatic heterocycles. The Kier molecular flexibility index (Phi) is 4.59. The van der Waals surface area contributed by atoms with Crippen LogP contribution in [0.4, 0.5) is 5.69 Å². The van der Waals surface area contributed by atoms with Gasteiger partial charge in [0.15, 0.2) is 0 Å². The van der Waals surface area contributed by atoms with Crippen LogP contribution >= 0.6 is 15.9 Å². The van der Waals surface area contributed by atoms with Crippen LogP contribution in [0.2, 0.25) is 0 Å². The number of carbonyl (C=O) groups is 2. The van der Waals surface area contributed by atoms with Crippen LogP contribution in [0.25, 0.3) is 0 Å². The van der Waals surface area contributed by atoms with Gasteiger partial charge in [-0.25, -0.2) is 4.79 Å². The molecule has 1 amide bonds. The molecule has 108 valence electrons. The first kappa shape index (κ1) is 15.1. The van der Waals surface area contributed by atoms with Crippen LogP contribution in [0.1, 0.15) is 15.9 Å². The van der Waals surface area contributed by atoms with Gasteiger partial charge in [0.05, 0.1) is 17.7 Å². The van der Waals surface area contributed by atoms with Crippen molar-refractivity contribution in [3.05, 3.63) is 58.1 Å². The summed E-state index contributed by atoms with van der Waals surface area (Å²) >= 11 is 3.25. The summed E-state index contributed by atoms with van der Waals surface area (Å²) in [7, 11) is 0. The van der Waals surface area contributed by atoms with Crippen molar-refractivity contribution >= 4 is 33.5 Å². The number of phenolic OH excluding ortho intramolecular Hbond substituents is 1. The molecule has 0 bridgehead atoms. The van der Waals surface area contributed by atoms with Crippen molar-refractivity contribution in [2.75, 3.05) is 5.32 Å². The second-order valence-electron chi connectivity index (χ2n) is 4.35. The highest BCUT2D eigenvalue weighted by molar-refractivity contribution is 9.10. The summed E-state index contributed by atoms with van der Waals surface area (Å²) in [5.41, 5.74) is 0.951. The predicted molar refractivity (Wildman–Crippen MR) is 81.5 cm³/mol. The summed E-state index contributed by atoms with van der Waals surface area (Å²) in [5.74, 6) is -1.37. The number of hydrogen-bond acceptors (Lipinski definition) is 3. The van der Waals surface area contributed by atoms with E-state index in [0.717, 1.165) is 0 Å². The molecule has 6 heteroatoms. The lowest BCUT2D eigenvalue weighted by molar-refractivity contribution is -0.115. The quantitative estimate of drug-likeness (QED) is 0.791. The summed E-state index contributed by atoms with van der Waals surface area (Å²) in [6, 6.07) is 10.9. The van der Waals surface area contributed by atoms with Crippen LogP contribution in [0.5, 0.6) is 5.75 Å². The highest BCUT2D eigenvalue weighted by Crippen LogP contribution is 2.24. The van der Waals surface area contributed by atoms with Gasteiger partial charge in [0, 0.05) is 10.0 Å². The molecule has 3 N–H and O–H groups in total. The Hall–Kier alpha value is -2.34.